The maximum absolute atomic E-state index is 13.3. The van der Waals surface area contributed by atoms with Crippen molar-refractivity contribution in [2.45, 2.75) is 38.1 Å². The van der Waals surface area contributed by atoms with E-state index in [1.165, 1.54) is 28.3 Å². The number of fused-ring (bicyclic) bond motifs is 2. The molecule has 150 valence electrons. The summed E-state index contributed by atoms with van der Waals surface area (Å²) in [5.41, 5.74) is 3.12. The van der Waals surface area contributed by atoms with Gasteiger partial charge >= 0.3 is 0 Å². The summed E-state index contributed by atoms with van der Waals surface area (Å²) in [6.45, 7) is 5.46. The average molecular weight is 422 g/mol. The normalized spacial score (nSPS) is 18.2. The van der Waals surface area contributed by atoms with Gasteiger partial charge in [-0.2, -0.15) is 0 Å². The lowest BCUT2D eigenvalue weighted by molar-refractivity contribution is 0.212. The Balaban J connectivity index is 0.00000192. The zero-order chi connectivity index (χ0) is 18.2. The molecule has 5 rings (SSSR count). The van der Waals surface area contributed by atoms with E-state index >= 15 is 0 Å². The maximum Gasteiger partial charge on any atom is 0.170 e. The third kappa shape index (κ3) is 3.96. The van der Waals surface area contributed by atoms with E-state index in [1.54, 1.807) is 11.6 Å². The number of hydrogen-bond donors (Lipinski definition) is 1. The first-order valence-corrected chi connectivity index (χ1v) is 10.7. The molecule has 4 heterocycles. The minimum absolute atomic E-state index is 0. The molecule has 0 aliphatic carbocycles. The molecule has 2 aromatic heterocycles. The Morgan fingerprint density at radius 1 is 1.25 bits per heavy atom. The second-order valence-corrected chi connectivity index (χ2v) is 8.88. The Morgan fingerprint density at radius 2 is 2.11 bits per heavy atom. The first-order chi connectivity index (χ1) is 13.3. The molecule has 0 saturated carbocycles. The SMILES string of the molecule is Cl.Fc1ccc2c(C3CCN(CCc4cc5c(s4)CNCC5)CC3)noc2c1. The Kier molecular flexibility index (Phi) is 6.01. The fourth-order valence-corrected chi connectivity index (χ4v) is 5.54. The molecule has 1 aromatic carbocycles. The van der Waals surface area contributed by atoms with Crippen LogP contribution in [-0.4, -0.2) is 36.2 Å². The molecule has 7 heteroatoms. The molecule has 1 fully saturated rings. The number of nitrogens with zero attached hydrogens (tertiary/aromatic N) is 2. The van der Waals surface area contributed by atoms with Crippen LogP contribution >= 0.6 is 23.7 Å². The van der Waals surface area contributed by atoms with Gasteiger partial charge in [0.15, 0.2) is 5.58 Å². The first kappa shape index (κ1) is 19.8. The summed E-state index contributed by atoms with van der Waals surface area (Å²) in [5, 5.41) is 8.68. The highest BCUT2D eigenvalue weighted by atomic mass is 35.5. The van der Waals surface area contributed by atoms with Crippen LogP contribution in [0.4, 0.5) is 4.39 Å². The standard InChI is InChI=1S/C21H24FN3OS.ClH/c22-16-1-2-18-19(12-16)26-24-21(18)14-4-8-25(9-5-14)10-6-17-11-15-3-7-23-13-20(15)27-17;/h1-2,11-12,14,23H,3-10,13H2;1H. The molecule has 1 saturated heterocycles. The lowest BCUT2D eigenvalue weighted by Crippen LogP contribution is -2.34. The van der Waals surface area contributed by atoms with Crippen molar-refractivity contribution in [1.82, 2.24) is 15.4 Å². The van der Waals surface area contributed by atoms with Gasteiger partial charge in [-0.3, -0.25) is 0 Å². The van der Waals surface area contributed by atoms with Gasteiger partial charge in [0.2, 0.25) is 0 Å². The van der Waals surface area contributed by atoms with Crippen molar-refractivity contribution in [3.05, 3.63) is 51.1 Å². The number of aromatic nitrogens is 1. The van der Waals surface area contributed by atoms with Gasteiger partial charge in [0.05, 0.1) is 5.69 Å². The number of thiophene rings is 1. The fourth-order valence-electron chi connectivity index (χ4n) is 4.36. The summed E-state index contributed by atoms with van der Waals surface area (Å²) in [7, 11) is 0. The molecule has 1 N–H and O–H groups in total. The van der Waals surface area contributed by atoms with Gasteiger partial charge in [-0.25, -0.2) is 4.39 Å². The summed E-state index contributed by atoms with van der Waals surface area (Å²) in [5.74, 6) is 0.138. The smallest absolute Gasteiger partial charge is 0.170 e. The number of benzene rings is 1. The molecule has 0 bridgehead atoms. The van der Waals surface area contributed by atoms with E-state index in [0.29, 0.717) is 11.5 Å². The monoisotopic (exact) mass is 421 g/mol. The van der Waals surface area contributed by atoms with E-state index in [1.807, 2.05) is 11.3 Å². The molecule has 0 spiro atoms. The molecule has 2 aliphatic heterocycles. The third-order valence-corrected chi connectivity index (χ3v) is 7.15. The minimum Gasteiger partial charge on any atom is -0.356 e. The van der Waals surface area contributed by atoms with Crippen molar-refractivity contribution in [3.63, 3.8) is 0 Å². The largest absolute Gasteiger partial charge is 0.356 e. The lowest BCUT2D eigenvalue weighted by atomic mass is 9.91. The maximum atomic E-state index is 13.3. The molecule has 0 atom stereocenters. The first-order valence-electron chi connectivity index (χ1n) is 9.84. The molecule has 2 aliphatic rings. The van der Waals surface area contributed by atoms with Gasteiger partial charge in [-0.05, 0) is 69.1 Å². The van der Waals surface area contributed by atoms with E-state index in [9.17, 15) is 4.39 Å². The summed E-state index contributed by atoms with van der Waals surface area (Å²) >= 11 is 1.98. The molecule has 0 unspecified atom stereocenters. The number of hydrogen-bond acceptors (Lipinski definition) is 5. The van der Waals surface area contributed by atoms with Crippen molar-refractivity contribution in [2.24, 2.45) is 0 Å². The van der Waals surface area contributed by atoms with Crippen molar-refractivity contribution in [1.29, 1.82) is 0 Å². The molecular weight excluding hydrogens is 397 g/mol. The predicted molar refractivity (Wildman–Crippen MR) is 113 cm³/mol. The molecule has 0 amide bonds. The second kappa shape index (κ2) is 8.49. The van der Waals surface area contributed by atoms with Crippen molar-refractivity contribution < 1.29 is 8.91 Å². The van der Waals surface area contributed by atoms with E-state index in [0.717, 1.165) is 63.1 Å². The van der Waals surface area contributed by atoms with Crippen LogP contribution in [0.25, 0.3) is 11.0 Å². The van der Waals surface area contributed by atoms with E-state index in [4.69, 9.17) is 4.52 Å². The highest BCUT2D eigenvalue weighted by Gasteiger charge is 2.25. The molecule has 3 aromatic rings. The van der Waals surface area contributed by atoms with Gasteiger partial charge in [-0.15, -0.1) is 23.7 Å². The number of nitrogens with one attached hydrogen (secondary N) is 1. The Bertz CT molecular complexity index is 925. The Morgan fingerprint density at radius 3 is 2.93 bits per heavy atom. The average Bonchev–Trinajstić information content (AvgIpc) is 3.30. The number of piperidine rings is 1. The van der Waals surface area contributed by atoms with E-state index in [-0.39, 0.29) is 18.2 Å². The van der Waals surface area contributed by atoms with E-state index < -0.39 is 0 Å². The Hall–Kier alpha value is -1.47. The number of likely N-dealkylation sites (tertiary alicyclic amines) is 1. The van der Waals surface area contributed by atoms with E-state index in [2.05, 4.69) is 21.4 Å². The molecule has 28 heavy (non-hydrogen) atoms. The predicted octanol–water partition coefficient (Wildman–Crippen LogP) is 4.52. The summed E-state index contributed by atoms with van der Waals surface area (Å²) < 4.78 is 18.7. The van der Waals surface area contributed by atoms with Crippen molar-refractivity contribution in [3.8, 4) is 0 Å². The van der Waals surface area contributed by atoms with Gasteiger partial charge in [0.25, 0.3) is 0 Å². The van der Waals surface area contributed by atoms with Crippen LogP contribution in [0, 0.1) is 5.82 Å². The highest BCUT2D eigenvalue weighted by molar-refractivity contribution is 7.12. The fraction of sp³-hybridized carbons (Fsp3) is 0.476. The van der Waals surface area contributed by atoms with Crippen LogP contribution in [0.1, 0.15) is 39.8 Å². The van der Waals surface area contributed by atoms with Gasteiger partial charge in [0.1, 0.15) is 5.82 Å². The molecule has 4 nitrogen and oxygen atoms in total. The van der Waals surface area contributed by atoms with Gasteiger partial charge in [0, 0.05) is 40.2 Å². The third-order valence-electron chi connectivity index (χ3n) is 5.92. The van der Waals surface area contributed by atoms with Crippen molar-refractivity contribution >= 4 is 34.7 Å². The molecular formula is C21H25ClFN3OS. The number of halogens is 2. The minimum atomic E-state index is -0.272. The lowest BCUT2D eigenvalue weighted by Gasteiger charge is -2.31. The quantitative estimate of drug-likeness (QED) is 0.672. The zero-order valence-corrected chi connectivity index (χ0v) is 17.4. The summed E-state index contributed by atoms with van der Waals surface area (Å²) in [4.78, 5) is 5.62. The van der Waals surface area contributed by atoms with Crippen LogP contribution in [0.15, 0.2) is 28.8 Å². The van der Waals surface area contributed by atoms with Crippen molar-refractivity contribution in [2.75, 3.05) is 26.2 Å². The van der Waals surface area contributed by atoms with Gasteiger partial charge < -0.3 is 14.7 Å². The van der Waals surface area contributed by atoms with Crippen LogP contribution in [0.2, 0.25) is 0 Å². The topological polar surface area (TPSA) is 41.3 Å². The molecule has 0 radical (unpaired) electrons. The summed E-state index contributed by atoms with van der Waals surface area (Å²) in [6, 6.07) is 7.15. The van der Waals surface area contributed by atoms with Gasteiger partial charge in [-0.1, -0.05) is 5.16 Å². The van der Waals surface area contributed by atoms with Crippen LogP contribution in [-0.2, 0) is 19.4 Å². The van der Waals surface area contributed by atoms with Crippen LogP contribution in [0.3, 0.4) is 0 Å². The summed E-state index contributed by atoms with van der Waals surface area (Å²) in [6.07, 6.45) is 4.50. The zero-order valence-electron chi connectivity index (χ0n) is 15.7. The highest BCUT2D eigenvalue weighted by Crippen LogP contribution is 2.33. The second-order valence-electron chi connectivity index (χ2n) is 7.66. The number of rotatable bonds is 4. The Labute approximate surface area is 174 Å². The van der Waals surface area contributed by atoms with Crippen LogP contribution < -0.4 is 5.32 Å². The van der Waals surface area contributed by atoms with Crippen LogP contribution in [0.5, 0.6) is 0 Å².